The molecule has 1 atom stereocenters. The van der Waals surface area contributed by atoms with Crippen molar-refractivity contribution in [1.82, 2.24) is 0 Å². The van der Waals surface area contributed by atoms with Gasteiger partial charge in [-0.2, -0.15) is 0 Å². The smallest absolute Gasteiger partial charge is 0.244 e. The number of benzene rings is 2. The van der Waals surface area contributed by atoms with Crippen LogP contribution in [0.3, 0.4) is 0 Å². The average molecular weight is 362 g/mol. The van der Waals surface area contributed by atoms with Crippen molar-refractivity contribution in [2.45, 2.75) is 23.7 Å². The number of nitrogens with two attached hydrogens (primary N) is 1. The lowest BCUT2D eigenvalue weighted by Crippen LogP contribution is -2.37. The minimum atomic E-state index is -4.09. The van der Waals surface area contributed by atoms with Crippen molar-refractivity contribution in [3.8, 4) is 0 Å². The molecule has 6 nitrogen and oxygen atoms in total. The van der Waals surface area contributed by atoms with E-state index in [1.165, 1.54) is 0 Å². The van der Waals surface area contributed by atoms with Gasteiger partial charge in [-0.1, -0.05) is 30.3 Å². The summed E-state index contributed by atoms with van der Waals surface area (Å²) in [6.07, 6.45) is -0.105. The Morgan fingerprint density at radius 2 is 1.76 bits per heavy atom. The summed E-state index contributed by atoms with van der Waals surface area (Å²) in [6.45, 7) is 1.62. The van der Waals surface area contributed by atoms with E-state index in [9.17, 15) is 22.4 Å². The van der Waals surface area contributed by atoms with Crippen molar-refractivity contribution < 1.29 is 22.4 Å². The number of nitrogens with zero attached hydrogens (tertiary/aromatic N) is 1. The maximum atomic E-state index is 14.4. The van der Waals surface area contributed by atoms with Crippen LogP contribution in [0, 0.1) is 5.82 Å². The lowest BCUT2D eigenvalue weighted by molar-refractivity contribution is -0.122. The summed E-state index contributed by atoms with van der Waals surface area (Å²) < 4.78 is 37.0. The van der Waals surface area contributed by atoms with Crippen molar-refractivity contribution in [2.24, 2.45) is 5.14 Å². The van der Waals surface area contributed by atoms with Gasteiger partial charge in [0.25, 0.3) is 0 Å². The molecule has 2 amide bonds. The van der Waals surface area contributed by atoms with Gasteiger partial charge in [-0.05, 0) is 30.7 Å². The zero-order valence-electron chi connectivity index (χ0n) is 13.3. The van der Waals surface area contributed by atoms with E-state index in [1.54, 1.807) is 37.3 Å². The first-order chi connectivity index (χ1) is 11.6. The predicted octanol–water partition coefficient (Wildman–Crippen LogP) is 1.69. The number of anilines is 1. The summed E-state index contributed by atoms with van der Waals surface area (Å²) in [5.41, 5.74) is -0.747. The molecule has 130 valence electrons. The number of amides is 2. The van der Waals surface area contributed by atoms with Crippen LogP contribution < -0.4 is 10.0 Å². The van der Waals surface area contributed by atoms with E-state index in [0.29, 0.717) is 11.6 Å². The van der Waals surface area contributed by atoms with Gasteiger partial charge in [0.1, 0.15) is 5.82 Å². The van der Waals surface area contributed by atoms with E-state index < -0.39 is 38.0 Å². The highest BCUT2D eigenvalue weighted by Crippen LogP contribution is 2.39. The molecule has 1 aliphatic heterocycles. The van der Waals surface area contributed by atoms with Crippen molar-refractivity contribution in [3.63, 3.8) is 0 Å². The highest BCUT2D eigenvalue weighted by atomic mass is 32.2. The highest BCUT2D eigenvalue weighted by Gasteiger charge is 2.50. The monoisotopic (exact) mass is 362 g/mol. The SMILES string of the molecule is C[C@@]1(c2ccccc2)CC(=O)N(c2ccc(S(N)(=O)=O)cc2F)C1=O. The van der Waals surface area contributed by atoms with Gasteiger partial charge < -0.3 is 0 Å². The molecule has 8 heteroatoms. The number of halogens is 1. The van der Waals surface area contributed by atoms with Crippen molar-refractivity contribution in [3.05, 3.63) is 59.9 Å². The summed E-state index contributed by atoms with van der Waals surface area (Å²) in [6, 6.07) is 11.6. The fraction of sp³-hybridized carbons (Fsp3) is 0.176. The predicted molar refractivity (Wildman–Crippen MR) is 88.7 cm³/mol. The number of primary sulfonamides is 1. The minimum absolute atomic E-state index is 0.105. The minimum Gasteiger partial charge on any atom is -0.274 e. The van der Waals surface area contributed by atoms with E-state index in [1.807, 2.05) is 0 Å². The number of carbonyl (C=O) groups excluding carboxylic acids is 2. The number of hydrogen-bond donors (Lipinski definition) is 1. The Morgan fingerprint density at radius 3 is 2.32 bits per heavy atom. The third kappa shape index (κ3) is 2.83. The Bertz CT molecular complexity index is 975. The second kappa shape index (κ2) is 5.75. The second-order valence-corrected chi connectivity index (χ2v) is 7.63. The van der Waals surface area contributed by atoms with Gasteiger partial charge in [0.2, 0.25) is 21.8 Å². The molecule has 2 N–H and O–H groups in total. The summed E-state index contributed by atoms with van der Waals surface area (Å²) in [5.74, 6) is -2.13. The van der Waals surface area contributed by atoms with Gasteiger partial charge >= 0.3 is 0 Å². The summed E-state index contributed by atoms with van der Waals surface area (Å²) in [4.78, 5) is 25.6. The number of hydrogen-bond acceptors (Lipinski definition) is 4. The van der Waals surface area contributed by atoms with Gasteiger partial charge in [-0.3, -0.25) is 9.59 Å². The van der Waals surface area contributed by atoms with Gasteiger partial charge in [0.05, 0.1) is 16.0 Å². The van der Waals surface area contributed by atoms with Crippen molar-refractivity contribution in [2.75, 3.05) is 4.90 Å². The average Bonchev–Trinajstić information content (AvgIpc) is 2.78. The molecule has 1 aliphatic rings. The van der Waals surface area contributed by atoms with Gasteiger partial charge in [-0.25, -0.2) is 22.8 Å². The van der Waals surface area contributed by atoms with Crippen LogP contribution in [-0.4, -0.2) is 20.2 Å². The van der Waals surface area contributed by atoms with Gasteiger partial charge in [0, 0.05) is 6.42 Å². The largest absolute Gasteiger partial charge is 0.274 e. The van der Waals surface area contributed by atoms with Crippen LogP contribution in [0.5, 0.6) is 0 Å². The summed E-state index contributed by atoms with van der Waals surface area (Å²) in [5, 5.41) is 4.96. The van der Waals surface area contributed by atoms with E-state index in [-0.39, 0.29) is 12.1 Å². The lowest BCUT2D eigenvalue weighted by Gasteiger charge is -2.23. The first-order valence-corrected chi connectivity index (χ1v) is 8.94. The molecular weight excluding hydrogens is 347 g/mol. The molecule has 0 aliphatic carbocycles. The molecule has 0 saturated carbocycles. The summed E-state index contributed by atoms with van der Waals surface area (Å²) in [7, 11) is -4.09. The Kier molecular flexibility index (Phi) is 3.97. The van der Waals surface area contributed by atoms with Gasteiger partial charge in [0.15, 0.2) is 0 Å². The zero-order chi connectivity index (χ0) is 18.4. The Morgan fingerprint density at radius 1 is 1.12 bits per heavy atom. The Balaban J connectivity index is 2.05. The van der Waals surface area contributed by atoms with Crippen LogP contribution in [0.4, 0.5) is 10.1 Å². The topological polar surface area (TPSA) is 97.5 Å². The van der Waals surface area contributed by atoms with Crippen molar-refractivity contribution >= 4 is 27.5 Å². The molecule has 0 radical (unpaired) electrons. The van der Waals surface area contributed by atoms with Crippen molar-refractivity contribution in [1.29, 1.82) is 0 Å². The Labute approximate surface area is 144 Å². The van der Waals surface area contributed by atoms with Crippen LogP contribution in [0.2, 0.25) is 0 Å². The summed E-state index contributed by atoms with van der Waals surface area (Å²) >= 11 is 0. The number of sulfonamides is 1. The normalized spacial score (nSPS) is 21.0. The van der Waals surface area contributed by atoms with E-state index in [4.69, 9.17) is 5.14 Å². The molecule has 3 rings (SSSR count). The molecule has 25 heavy (non-hydrogen) atoms. The van der Waals surface area contributed by atoms with Crippen LogP contribution in [-0.2, 0) is 25.0 Å². The molecule has 0 bridgehead atoms. The molecule has 2 aromatic rings. The molecule has 0 spiro atoms. The van der Waals surface area contributed by atoms with Crippen LogP contribution in [0.15, 0.2) is 53.4 Å². The first-order valence-electron chi connectivity index (χ1n) is 7.40. The molecule has 0 aromatic heterocycles. The van der Waals surface area contributed by atoms with Crippen LogP contribution in [0.25, 0.3) is 0 Å². The molecule has 1 saturated heterocycles. The van der Waals surface area contributed by atoms with E-state index in [2.05, 4.69) is 0 Å². The van der Waals surface area contributed by atoms with E-state index >= 15 is 0 Å². The third-order valence-electron chi connectivity index (χ3n) is 4.33. The fourth-order valence-electron chi connectivity index (χ4n) is 2.94. The van der Waals surface area contributed by atoms with Crippen LogP contribution in [0.1, 0.15) is 18.9 Å². The fourth-order valence-corrected chi connectivity index (χ4v) is 3.46. The highest BCUT2D eigenvalue weighted by molar-refractivity contribution is 7.89. The Hall–Kier alpha value is -2.58. The third-order valence-corrected chi connectivity index (χ3v) is 5.24. The maximum Gasteiger partial charge on any atom is 0.244 e. The lowest BCUT2D eigenvalue weighted by atomic mass is 9.81. The number of imide groups is 1. The molecule has 0 unspecified atom stereocenters. The maximum absolute atomic E-state index is 14.4. The molecule has 1 heterocycles. The van der Waals surface area contributed by atoms with Gasteiger partial charge in [-0.15, -0.1) is 0 Å². The first kappa shape index (κ1) is 17.2. The number of rotatable bonds is 3. The van der Waals surface area contributed by atoms with E-state index in [0.717, 1.165) is 17.0 Å². The zero-order valence-corrected chi connectivity index (χ0v) is 14.1. The molecule has 2 aromatic carbocycles. The van der Waals surface area contributed by atoms with Crippen LogP contribution >= 0.6 is 0 Å². The second-order valence-electron chi connectivity index (χ2n) is 6.07. The standard InChI is InChI=1S/C17H15FN2O4S/c1-17(11-5-3-2-4-6-11)10-15(21)20(16(17)22)14-8-7-12(9-13(14)18)25(19,23)24/h2-9H,10H2,1H3,(H2,19,23,24)/t17-/m0/s1. The quantitative estimate of drug-likeness (QED) is 0.840. The molecule has 1 fully saturated rings. The number of carbonyl (C=O) groups is 2. The molecular formula is C17H15FN2O4S.